The van der Waals surface area contributed by atoms with E-state index in [0.717, 1.165) is 31.9 Å². The summed E-state index contributed by atoms with van der Waals surface area (Å²) >= 11 is 0. The van der Waals surface area contributed by atoms with Crippen LogP contribution in [0.2, 0.25) is 0 Å². The number of hydrogen-bond donors (Lipinski definition) is 1. The van der Waals surface area contributed by atoms with Crippen LogP contribution in [0.5, 0.6) is 5.75 Å². The van der Waals surface area contributed by atoms with Crippen molar-refractivity contribution in [3.05, 3.63) is 42.0 Å². The van der Waals surface area contributed by atoms with E-state index in [0.29, 0.717) is 0 Å². The smallest absolute Gasteiger partial charge is 0.119 e. The quantitative estimate of drug-likeness (QED) is 0.712. The van der Waals surface area contributed by atoms with Crippen LogP contribution in [0.4, 0.5) is 0 Å². The minimum atomic E-state index is 0.869. The van der Waals surface area contributed by atoms with E-state index in [9.17, 15) is 0 Å². The van der Waals surface area contributed by atoms with Crippen molar-refractivity contribution in [3.8, 4) is 5.75 Å². The second-order valence-corrected chi connectivity index (χ2v) is 5.28. The lowest BCUT2D eigenvalue weighted by Crippen LogP contribution is -2.14. The van der Waals surface area contributed by atoms with Crippen molar-refractivity contribution in [1.29, 1.82) is 0 Å². The molecule has 2 rings (SSSR count). The molecular weight excluding hydrogens is 262 g/mol. The van der Waals surface area contributed by atoms with Crippen LogP contribution in [-0.2, 0) is 11.3 Å². The van der Waals surface area contributed by atoms with Gasteiger partial charge in [0.1, 0.15) is 5.75 Å². The van der Waals surface area contributed by atoms with Crippen LogP contribution in [0.25, 0.3) is 10.8 Å². The van der Waals surface area contributed by atoms with Crippen molar-refractivity contribution in [1.82, 2.24) is 5.32 Å². The average molecular weight is 287 g/mol. The van der Waals surface area contributed by atoms with Gasteiger partial charge in [0.25, 0.3) is 0 Å². The summed E-state index contributed by atoms with van der Waals surface area (Å²) in [7, 11) is 3.46. The van der Waals surface area contributed by atoms with Crippen molar-refractivity contribution in [2.75, 3.05) is 27.4 Å². The molecule has 0 saturated heterocycles. The zero-order valence-electron chi connectivity index (χ0n) is 13.0. The maximum Gasteiger partial charge on any atom is 0.119 e. The molecule has 0 radical (unpaired) electrons. The van der Waals surface area contributed by atoms with Gasteiger partial charge < -0.3 is 14.8 Å². The molecule has 0 aliphatic rings. The summed E-state index contributed by atoms with van der Waals surface area (Å²) in [4.78, 5) is 0. The molecule has 0 bridgehead atoms. The predicted octanol–water partition coefficient (Wildman–Crippen LogP) is 3.75. The number of ether oxygens (including phenoxy) is 2. The first-order chi connectivity index (χ1) is 10.3. The van der Waals surface area contributed by atoms with Crippen LogP contribution in [0.15, 0.2) is 36.4 Å². The topological polar surface area (TPSA) is 30.5 Å². The number of methoxy groups -OCH3 is 2. The Morgan fingerprint density at radius 3 is 2.52 bits per heavy atom. The van der Waals surface area contributed by atoms with E-state index in [1.807, 2.05) is 6.07 Å². The minimum Gasteiger partial charge on any atom is -0.497 e. The molecule has 0 spiro atoms. The highest BCUT2D eigenvalue weighted by molar-refractivity contribution is 5.84. The van der Waals surface area contributed by atoms with Gasteiger partial charge >= 0.3 is 0 Å². The van der Waals surface area contributed by atoms with Gasteiger partial charge in [0.2, 0.25) is 0 Å². The first-order valence-corrected chi connectivity index (χ1v) is 7.60. The van der Waals surface area contributed by atoms with E-state index in [1.54, 1.807) is 14.2 Å². The van der Waals surface area contributed by atoms with Gasteiger partial charge in [-0.15, -0.1) is 0 Å². The number of nitrogens with one attached hydrogen (secondary N) is 1. The van der Waals surface area contributed by atoms with E-state index in [1.165, 1.54) is 29.2 Å². The summed E-state index contributed by atoms with van der Waals surface area (Å²) in [5, 5.41) is 5.98. The molecule has 3 nitrogen and oxygen atoms in total. The molecule has 3 heteroatoms. The Morgan fingerprint density at radius 1 is 0.905 bits per heavy atom. The van der Waals surface area contributed by atoms with E-state index in [4.69, 9.17) is 9.47 Å². The molecule has 0 aromatic heterocycles. The second kappa shape index (κ2) is 8.65. The first kappa shape index (κ1) is 15.8. The van der Waals surface area contributed by atoms with Crippen molar-refractivity contribution >= 4 is 10.8 Å². The average Bonchev–Trinajstić information content (AvgIpc) is 2.53. The molecule has 0 atom stereocenters. The molecule has 0 heterocycles. The van der Waals surface area contributed by atoms with Crippen molar-refractivity contribution in [2.45, 2.75) is 25.8 Å². The number of rotatable bonds is 9. The largest absolute Gasteiger partial charge is 0.497 e. The summed E-state index contributed by atoms with van der Waals surface area (Å²) in [5.41, 5.74) is 1.32. The highest BCUT2D eigenvalue weighted by Gasteiger charge is 1.99. The standard InChI is InChI=1S/C18H25NO2/c1-20-11-5-3-4-10-19-14-15-6-7-17-13-18(21-2)9-8-16(17)12-15/h6-9,12-13,19H,3-5,10-11,14H2,1-2H3. The van der Waals surface area contributed by atoms with Crippen molar-refractivity contribution in [3.63, 3.8) is 0 Å². The van der Waals surface area contributed by atoms with E-state index in [-0.39, 0.29) is 0 Å². The lowest BCUT2D eigenvalue weighted by atomic mass is 10.1. The third kappa shape index (κ3) is 5.03. The van der Waals surface area contributed by atoms with Crippen molar-refractivity contribution in [2.24, 2.45) is 0 Å². The van der Waals surface area contributed by atoms with E-state index < -0.39 is 0 Å². The van der Waals surface area contributed by atoms with Crippen molar-refractivity contribution < 1.29 is 9.47 Å². The van der Waals surface area contributed by atoms with Crippen LogP contribution < -0.4 is 10.1 Å². The van der Waals surface area contributed by atoms with Gasteiger partial charge in [-0.25, -0.2) is 0 Å². The summed E-state index contributed by atoms with van der Waals surface area (Å²) in [6.07, 6.45) is 3.57. The Bertz CT molecular complexity index is 554. The first-order valence-electron chi connectivity index (χ1n) is 7.60. The maximum atomic E-state index is 5.25. The van der Waals surface area contributed by atoms with Gasteiger partial charge in [-0.3, -0.25) is 0 Å². The number of unbranched alkanes of at least 4 members (excludes halogenated alkanes) is 2. The third-order valence-electron chi connectivity index (χ3n) is 3.64. The molecular formula is C18H25NO2. The third-order valence-corrected chi connectivity index (χ3v) is 3.64. The fourth-order valence-corrected chi connectivity index (χ4v) is 2.42. The minimum absolute atomic E-state index is 0.869. The fraction of sp³-hybridized carbons (Fsp3) is 0.444. The second-order valence-electron chi connectivity index (χ2n) is 5.28. The number of fused-ring (bicyclic) bond motifs is 1. The molecule has 0 aliphatic carbocycles. The van der Waals surface area contributed by atoms with Gasteiger partial charge in [-0.2, -0.15) is 0 Å². The van der Waals surface area contributed by atoms with Gasteiger partial charge in [-0.1, -0.05) is 18.2 Å². The Morgan fingerprint density at radius 2 is 1.71 bits per heavy atom. The Hall–Kier alpha value is -1.58. The van der Waals surface area contributed by atoms with Gasteiger partial charge in [0.05, 0.1) is 7.11 Å². The summed E-state index contributed by atoms with van der Waals surface area (Å²) in [6.45, 7) is 2.85. The summed E-state index contributed by atoms with van der Waals surface area (Å²) < 4.78 is 10.3. The Labute approximate surface area is 127 Å². The maximum absolute atomic E-state index is 5.25. The van der Waals surface area contributed by atoms with Crippen LogP contribution in [0.1, 0.15) is 24.8 Å². The molecule has 114 valence electrons. The molecule has 0 amide bonds. The molecule has 1 N–H and O–H groups in total. The van der Waals surface area contributed by atoms with E-state index in [2.05, 4.69) is 35.6 Å². The van der Waals surface area contributed by atoms with Crippen LogP contribution in [0.3, 0.4) is 0 Å². The molecule has 0 aliphatic heterocycles. The number of benzene rings is 2. The molecule has 21 heavy (non-hydrogen) atoms. The lowest BCUT2D eigenvalue weighted by molar-refractivity contribution is 0.192. The van der Waals surface area contributed by atoms with Gasteiger partial charge in [0.15, 0.2) is 0 Å². The van der Waals surface area contributed by atoms with Crippen LogP contribution in [0, 0.1) is 0 Å². The molecule has 0 unspecified atom stereocenters. The lowest BCUT2D eigenvalue weighted by Gasteiger charge is -2.07. The monoisotopic (exact) mass is 287 g/mol. The fourth-order valence-electron chi connectivity index (χ4n) is 2.42. The normalized spacial score (nSPS) is 11.0. The number of hydrogen-bond acceptors (Lipinski definition) is 3. The SMILES string of the molecule is COCCCCCNCc1ccc2cc(OC)ccc2c1. The Kier molecular flexibility index (Phi) is 6.51. The van der Waals surface area contributed by atoms with Gasteiger partial charge in [0, 0.05) is 20.3 Å². The zero-order valence-corrected chi connectivity index (χ0v) is 13.0. The summed E-state index contributed by atoms with van der Waals surface area (Å²) in [6, 6.07) is 12.8. The summed E-state index contributed by atoms with van der Waals surface area (Å²) in [5.74, 6) is 0.907. The molecule has 0 fully saturated rings. The highest BCUT2D eigenvalue weighted by atomic mass is 16.5. The highest BCUT2D eigenvalue weighted by Crippen LogP contribution is 2.21. The Balaban J connectivity index is 1.80. The molecule has 2 aromatic rings. The zero-order chi connectivity index (χ0) is 14.9. The predicted molar refractivity (Wildman–Crippen MR) is 87.9 cm³/mol. The van der Waals surface area contributed by atoms with Crippen LogP contribution >= 0.6 is 0 Å². The molecule has 0 saturated carbocycles. The van der Waals surface area contributed by atoms with E-state index >= 15 is 0 Å². The van der Waals surface area contributed by atoms with Crippen LogP contribution in [-0.4, -0.2) is 27.4 Å². The molecule has 2 aromatic carbocycles. The van der Waals surface area contributed by atoms with Gasteiger partial charge in [-0.05, 0) is 60.3 Å².